The Bertz CT molecular complexity index is 1080. The highest BCUT2D eigenvalue weighted by Crippen LogP contribution is 2.35. The van der Waals surface area contributed by atoms with Crippen molar-refractivity contribution in [2.24, 2.45) is 0 Å². The first kappa shape index (κ1) is 22.2. The van der Waals surface area contributed by atoms with E-state index in [-0.39, 0.29) is 17.7 Å². The summed E-state index contributed by atoms with van der Waals surface area (Å²) in [5, 5.41) is 12.4. The lowest BCUT2D eigenvalue weighted by molar-refractivity contribution is -0.113. The van der Waals surface area contributed by atoms with E-state index in [0.29, 0.717) is 18.4 Å². The molecule has 7 nitrogen and oxygen atoms in total. The van der Waals surface area contributed by atoms with Gasteiger partial charge in [0.05, 0.1) is 19.0 Å². The van der Waals surface area contributed by atoms with Crippen LogP contribution in [0, 0.1) is 0 Å². The standard InChI is InChI=1S/C24H28N4O3S/c1-4-17-6-9-19(10-7-17)25-22(29)15-32-24-27-26-23(28(24)16(2)3)18-8-11-20-21(14-18)31-13-5-12-30-20/h6-11,14,16H,4-5,12-13,15H2,1-3H3,(H,25,29). The highest BCUT2D eigenvalue weighted by molar-refractivity contribution is 7.99. The van der Waals surface area contributed by atoms with Gasteiger partial charge in [-0.05, 0) is 56.2 Å². The Morgan fingerprint density at radius 2 is 1.84 bits per heavy atom. The van der Waals surface area contributed by atoms with Gasteiger partial charge in [-0.1, -0.05) is 30.8 Å². The van der Waals surface area contributed by atoms with Gasteiger partial charge in [-0.2, -0.15) is 0 Å². The van der Waals surface area contributed by atoms with E-state index in [9.17, 15) is 4.79 Å². The molecule has 1 aromatic heterocycles. The van der Waals surface area contributed by atoms with Gasteiger partial charge in [0.25, 0.3) is 0 Å². The summed E-state index contributed by atoms with van der Waals surface area (Å²) < 4.78 is 13.6. The van der Waals surface area contributed by atoms with Crippen molar-refractivity contribution in [2.75, 3.05) is 24.3 Å². The normalized spacial score (nSPS) is 13.1. The number of fused-ring (bicyclic) bond motifs is 1. The van der Waals surface area contributed by atoms with E-state index in [1.165, 1.54) is 17.3 Å². The van der Waals surface area contributed by atoms with Gasteiger partial charge in [0, 0.05) is 23.7 Å². The number of nitrogens with one attached hydrogen (secondary N) is 1. The van der Waals surface area contributed by atoms with Crippen LogP contribution >= 0.6 is 11.8 Å². The molecule has 0 fully saturated rings. The first-order valence-corrected chi connectivity index (χ1v) is 11.9. The Morgan fingerprint density at radius 1 is 1.09 bits per heavy atom. The van der Waals surface area contributed by atoms with Gasteiger partial charge in [-0.25, -0.2) is 0 Å². The summed E-state index contributed by atoms with van der Waals surface area (Å²) in [4.78, 5) is 12.5. The molecule has 0 atom stereocenters. The molecule has 0 unspecified atom stereocenters. The van der Waals surface area contributed by atoms with Crippen molar-refractivity contribution in [2.45, 2.75) is 44.8 Å². The van der Waals surface area contributed by atoms with E-state index in [1.807, 2.05) is 47.0 Å². The Balaban J connectivity index is 1.48. The van der Waals surface area contributed by atoms with Gasteiger partial charge in [0.15, 0.2) is 22.5 Å². The molecule has 2 heterocycles. The molecule has 0 saturated carbocycles. The number of hydrogen-bond donors (Lipinski definition) is 1. The first-order valence-electron chi connectivity index (χ1n) is 10.9. The molecule has 168 valence electrons. The molecule has 32 heavy (non-hydrogen) atoms. The van der Waals surface area contributed by atoms with Crippen molar-refractivity contribution in [1.82, 2.24) is 14.8 Å². The van der Waals surface area contributed by atoms with Crippen LogP contribution in [0.4, 0.5) is 5.69 Å². The summed E-state index contributed by atoms with van der Waals surface area (Å²) in [6.45, 7) is 7.55. The maximum atomic E-state index is 12.5. The average Bonchev–Trinajstić information content (AvgIpc) is 3.09. The minimum atomic E-state index is -0.0744. The van der Waals surface area contributed by atoms with Crippen molar-refractivity contribution >= 4 is 23.4 Å². The number of aromatic nitrogens is 3. The molecular weight excluding hydrogens is 424 g/mol. The number of benzene rings is 2. The lowest BCUT2D eigenvalue weighted by atomic mass is 10.1. The lowest BCUT2D eigenvalue weighted by Crippen LogP contribution is -2.15. The fourth-order valence-electron chi connectivity index (χ4n) is 3.49. The second-order valence-corrected chi connectivity index (χ2v) is 8.81. The Labute approximate surface area is 192 Å². The second-order valence-electron chi connectivity index (χ2n) is 7.87. The zero-order valence-electron chi connectivity index (χ0n) is 18.6. The minimum absolute atomic E-state index is 0.0744. The molecule has 4 rings (SSSR count). The molecule has 1 aliphatic rings. The number of carbonyl (C=O) groups excluding carboxylic acids is 1. The van der Waals surface area contributed by atoms with Crippen LogP contribution in [0.2, 0.25) is 0 Å². The number of carbonyl (C=O) groups is 1. The van der Waals surface area contributed by atoms with Crippen LogP contribution in [0.5, 0.6) is 11.5 Å². The molecule has 0 aliphatic carbocycles. The summed E-state index contributed by atoms with van der Waals surface area (Å²) >= 11 is 1.38. The number of nitrogens with zero attached hydrogens (tertiary/aromatic N) is 3. The molecule has 3 aromatic rings. The van der Waals surface area contributed by atoms with Crippen molar-refractivity contribution < 1.29 is 14.3 Å². The number of aryl methyl sites for hydroxylation is 1. The van der Waals surface area contributed by atoms with Crippen LogP contribution in [-0.4, -0.2) is 39.6 Å². The minimum Gasteiger partial charge on any atom is -0.490 e. The molecule has 2 aromatic carbocycles. The largest absolute Gasteiger partial charge is 0.490 e. The fraction of sp³-hybridized carbons (Fsp3) is 0.375. The van der Waals surface area contributed by atoms with E-state index in [2.05, 4.69) is 36.3 Å². The van der Waals surface area contributed by atoms with E-state index in [1.54, 1.807) is 0 Å². The number of rotatable bonds is 7. The van der Waals surface area contributed by atoms with Crippen molar-refractivity contribution in [3.63, 3.8) is 0 Å². The first-order chi connectivity index (χ1) is 15.5. The van der Waals surface area contributed by atoms with Crippen molar-refractivity contribution in [1.29, 1.82) is 0 Å². The van der Waals surface area contributed by atoms with Crippen LogP contribution < -0.4 is 14.8 Å². The number of ether oxygens (including phenoxy) is 2. The quantitative estimate of drug-likeness (QED) is 0.510. The van der Waals surface area contributed by atoms with Gasteiger partial charge >= 0.3 is 0 Å². The molecule has 1 aliphatic heterocycles. The van der Waals surface area contributed by atoms with Crippen molar-refractivity contribution in [3.8, 4) is 22.9 Å². The fourth-order valence-corrected chi connectivity index (χ4v) is 4.36. The maximum absolute atomic E-state index is 12.5. The topological polar surface area (TPSA) is 78.3 Å². The number of anilines is 1. The number of amides is 1. The zero-order valence-corrected chi connectivity index (χ0v) is 19.4. The molecule has 1 amide bonds. The summed E-state index contributed by atoms with van der Waals surface area (Å²) in [6.07, 6.45) is 1.83. The third kappa shape index (κ3) is 5.07. The van der Waals surface area contributed by atoms with Gasteiger partial charge < -0.3 is 14.8 Å². The third-order valence-corrected chi connectivity index (χ3v) is 6.11. The lowest BCUT2D eigenvalue weighted by Gasteiger charge is -2.15. The smallest absolute Gasteiger partial charge is 0.234 e. The monoisotopic (exact) mass is 452 g/mol. The Hall–Kier alpha value is -3.00. The molecular formula is C24H28N4O3S. The SMILES string of the molecule is CCc1ccc(NC(=O)CSc2nnc(-c3ccc4c(c3)OCCCO4)n2C(C)C)cc1. The molecule has 8 heteroatoms. The van der Waals surface area contributed by atoms with E-state index >= 15 is 0 Å². The van der Waals surface area contributed by atoms with E-state index in [4.69, 9.17) is 9.47 Å². The predicted octanol–water partition coefficient (Wildman–Crippen LogP) is 4.98. The summed E-state index contributed by atoms with van der Waals surface area (Å²) in [7, 11) is 0. The van der Waals surface area contributed by atoms with E-state index in [0.717, 1.165) is 41.4 Å². The van der Waals surface area contributed by atoms with Gasteiger partial charge in [-0.15, -0.1) is 10.2 Å². The summed E-state index contributed by atoms with van der Waals surface area (Å²) in [5.74, 6) is 2.39. The van der Waals surface area contributed by atoms with Crippen LogP contribution in [0.15, 0.2) is 47.6 Å². The Morgan fingerprint density at radius 3 is 2.56 bits per heavy atom. The van der Waals surface area contributed by atoms with Gasteiger partial charge in [-0.3, -0.25) is 9.36 Å². The predicted molar refractivity (Wildman–Crippen MR) is 127 cm³/mol. The van der Waals surface area contributed by atoms with Gasteiger partial charge in [0.1, 0.15) is 0 Å². The highest BCUT2D eigenvalue weighted by Gasteiger charge is 2.20. The molecule has 0 saturated heterocycles. The van der Waals surface area contributed by atoms with Crippen LogP contribution in [0.25, 0.3) is 11.4 Å². The van der Waals surface area contributed by atoms with Crippen LogP contribution in [0.3, 0.4) is 0 Å². The summed E-state index contributed by atoms with van der Waals surface area (Å²) in [5.41, 5.74) is 2.94. The molecule has 0 bridgehead atoms. The highest BCUT2D eigenvalue weighted by atomic mass is 32.2. The number of hydrogen-bond acceptors (Lipinski definition) is 6. The van der Waals surface area contributed by atoms with Crippen LogP contribution in [0.1, 0.15) is 38.8 Å². The van der Waals surface area contributed by atoms with Crippen molar-refractivity contribution in [3.05, 3.63) is 48.0 Å². The summed E-state index contributed by atoms with van der Waals surface area (Å²) in [6, 6.07) is 13.9. The molecule has 0 spiro atoms. The second kappa shape index (κ2) is 10.1. The Kier molecular flexibility index (Phi) is 6.99. The number of thioether (sulfide) groups is 1. The molecule has 0 radical (unpaired) electrons. The van der Waals surface area contributed by atoms with Crippen LogP contribution in [-0.2, 0) is 11.2 Å². The van der Waals surface area contributed by atoms with E-state index < -0.39 is 0 Å². The van der Waals surface area contributed by atoms with Gasteiger partial charge in [0.2, 0.25) is 5.91 Å². The third-order valence-electron chi connectivity index (χ3n) is 5.16. The maximum Gasteiger partial charge on any atom is 0.234 e. The average molecular weight is 453 g/mol. The zero-order chi connectivity index (χ0) is 22.5. The molecule has 1 N–H and O–H groups in total.